The second kappa shape index (κ2) is 5.70. The number of carbonyl (C=O) groups is 1. The van der Waals surface area contributed by atoms with Gasteiger partial charge in [-0.3, -0.25) is 4.79 Å². The summed E-state index contributed by atoms with van der Waals surface area (Å²) in [6.45, 7) is 6.07. The van der Waals surface area contributed by atoms with Crippen LogP contribution in [0.3, 0.4) is 0 Å². The third-order valence-electron chi connectivity index (χ3n) is 2.80. The number of rotatable bonds is 4. The molecule has 0 saturated heterocycles. The number of amides is 1. The maximum absolute atomic E-state index is 13.4. The molecule has 0 aromatic carbocycles. The van der Waals surface area contributed by atoms with Crippen molar-refractivity contribution in [1.82, 2.24) is 9.88 Å². The second-order valence-corrected chi connectivity index (χ2v) is 3.81. The van der Waals surface area contributed by atoms with E-state index in [1.54, 1.807) is 6.92 Å². The van der Waals surface area contributed by atoms with Crippen molar-refractivity contribution in [1.29, 1.82) is 0 Å². The molecule has 5 heteroatoms. The van der Waals surface area contributed by atoms with Crippen LogP contribution in [-0.4, -0.2) is 28.4 Å². The summed E-state index contributed by atoms with van der Waals surface area (Å²) in [6.07, 6.45) is 1.85. The largest absolute Gasteiger partial charge is 0.336 e. The van der Waals surface area contributed by atoms with Gasteiger partial charge in [-0.05, 0) is 26.3 Å². The lowest BCUT2D eigenvalue weighted by molar-refractivity contribution is 0.0693. The molecule has 94 valence electrons. The highest BCUT2D eigenvalue weighted by molar-refractivity contribution is 5.94. The summed E-state index contributed by atoms with van der Waals surface area (Å²) in [5, 5.41) is 0. The molecular weight excluding hydrogens is 226 g/mol. The molecule has 0 radical (unpaired) electrons. The average molecular weight is 242 g/mol. The van der Waals surface area contributed by atoms with Gasteiger partial charge in [0.25, 0.3) is 5.91 Å². The van der Waals surface area contributed by atoms with Crippen molar-refractivity contribution >= 4 is 5.91 Å². The van der Waals surface area contributed by atoms with E-state index >= 15 is 0 Å². The third kappa shape index (κ3) is 2.78. The summed E-state index contributed by atoms with van der Waals surface area (Å²) in [5.74, 6) is -2.92. The molecule has 17 heavy (non-hydrogen) atoms. The van der Waals surface area contributed by atoms with E-state index in [1.165, 1.54) is 11.0 Å². The quantitative estimate of drug-likeness (QED) is 0.760. The molecule has 0 aliphatic carbocycles. The number of pyridine rings is 1. The van der Waals surface area contributed by atoms with Crippen LogP contribution in [0.2, 0.25) is 0 Å². The number of halogens is 2. The number of nitrogens with zero attached hydrogens (tertiary/aromatic N) is 2. The van der Waals surface area contributed by atoms with E-state index in [0.29, 0.717) is 6.54 Å². The molecule has 1 rings (SSSR count). The molecular formula is C12H16F2N2O. The lowest BCUT2D eigenvalue weighted by Crippen LogP contribution is -2.38. The van der Waals surface area contributed by atoms with E-state index in [4.69, 9.17) is 0 Å². The second-order valence-electron chi connectivity index (χ2n) is 3.81. The molecule has 1 aromatic heterocycles. The summed E-state index contributed by atoms with van der Waals surface area (Å²) >= 11 is 0. The van der Waals surface area contributed by atoms with Crippen LogP contribution >= 0.6 is 0 Å². The predicted molar refractivity (Wildman–Crippen MR) is 60.6 cm³/mol. The Morgan fingerprint density at radius 1 is 1.47 bits per heavy atom. The van der Waals surface area contributed by atoms with Crippen molar-refractivity contribution in [3.8, 4) is 0 Å². The molecule has 0 spiro atoms. The van der Waals surface area contributed by atoms with Gasteiger partial charge < -0.3 is 4.90 Å². The van der Waals surface area contributed by atoms with Gasteiger partial charge in [-0.15, -0.1) is 0 Å². The first kappa shape index (κ1) is 13.5. The fourth-order valence-corrected chi connectivity index (χ4v) is 1.61. The molecule has 1 aromatic rings. The zero-order valence-electron chi connectivity index (χ0n) is 10.2. The molecule has 0 saturated carbocycles. The zero-order valence-corrected chi connectivity index (χ0v) is 10.2. The zero-order chi connectivity index (χ0) is 13.0. The van der Waals surface area contributed by atoms with Gasteiger partial charge in [0.1, 0.15) is 0 Å². The van der Waals surface area contributed by atoms with Crippen LogP contribution in [0.25, 0.3) is 0 Å². The highest BCUT2D eigenvalue weighted by Crippen LogP contribution is 2.14. The van der Waals surface area contributed by atoms with Crippen molar-refractivity contribution in [2.75, 3.05) is 6.54 Å². The van der Waals surface area contributed by atoms with Gasteiger partial charge in [0.15, 0.2) is 5.82 Å². The fraction of sp³-hybridized carbons (Fsp3) is 0.500. The highest BCUT2D eigenvalue weighted by atomic mass is 19.2. The first-order valence-corrected chi connectivity index (χ1v) is 5.63. The number of hydrogen-bond acceptors (Lipinski definition) is 2. The Balaban J connectivity index is 3.06. The first-order valence-electron chi connectivity index (χ1n) is 5.63. The number of aromatic nitrogens is 1. The van der Waals surface area contributed by atoms with Gasteiger partial charge in [0.05, 0.1) is 5.56 Å². The Kier molecular flexibility index (Phi) is 4.54. The van der Waals surface area contributed by atoms with Crippen LogP contribution in [-0.2, 0) is 0 Å². The van der Waals surface area contributed by atoms with Gasteiger partial charge in [-0.1, -0.05) is 6.92 Å². The summed E-state index contributed by atoms with van der Waals surface area (Å²) in [6, 6.07) is 1.19. The summed E-state index contributed by atoms with van der Waals surface area (Å²) in [7, 11) is 0. The van der Waals surface area contributed by atoms with Crippen molar-refractivity contribution < 1.29 is 13.6 Å². The normalized spacial score (nSPS) is 12.3. The van der Waals surface area contributed by atoms with Crippen molar-refractivity contribution in [2.45, 2.75) is 33.2 Å². The predicted octanol–water partition coefficient (Wildman–Crippen LogP) is 2.62. The summed E-state index contributed by atoms with van der Waals surface area (Å²) < 4.78 is 26.4. The maximum atomic E-state index is 13.4. The highest BCUT2D eigenvalue weighted by Gasteiger charge is 2.23. The van der Waals surface area contributed by atoms with E-state index in [2.05, 4.69) is 4.98 Å². The van der Waals surface area contributed by atoms with Crippen LogP contribution in [0.1, 0.15) is 37.6 Å². The smallest absolute Gasteiger partial charge is 0.257 e. The Morgan fingerprint density at radius 2 is 2.12 bits per heavy atom. The number of carbonyl (C=O) groups excluding carboxylic acids is 1. The average Bonchev–Trinajstić information content (AvgIpc) is 2.33. The van der Waals surface area contributed by atoms with Crippen molar-refractivity contribution in [3.63, 3.8) is 0 Å². The monoisotopic (exact) mass is 242 g/mol. The van der Waals surface area contributed by atoms with E-state index < -0.39 is 17.7 Å². The summed E-state index contributed by atoms with van der Waals surface area (Å²) in [4.78, 5) is 16.7. The molecule has 0 N–H and O–H groups in total. The topological polar surface area (TPSA) is 33.2 Å². The molecule has 1 heterocycles. The Hall–Kier alpha value is -1.52. The lowest BCUT2D eigenvalue weighted by Gasteiger charge is -2.27. The van der Waals surface area contributed by atoms with E-state index in [0.717, 1.165) is 12.6 Å². The molecule has 0 bridgehead atoms. The van der Waals surface area contributed by atoms with Gasteiger partial charge >= 0.3 is 0 Å². The maximum Gasteiger partial charge on any atom is 0.257 e. The van der Waals surface area contributed by atoms with Gasteiger partial charge in [0.2, 0.25) is 5.95 Å². The van der Waals surface area contributed by atoms with Crippen molar-refractivity contribution in [3.05, 3.63) is 29.6 Å². The van der Waals surface area contributed by atoms with Crippen LogP contribution in [0.5, 0.6) is 0 Å². The van der Waals surface area contributed by atoms with E-state index in [9.17, 15) is 13.6 Å². The molecule has 0 fully saturated rings. The SMILES string of the molecule is CCC(C)N(CC)C(=O)c1ccnc(F)c1F. The molecule has 0 aliphatic rings. The minimum atomic E-state index is -1.24. The minimum Gasteiger partial charge on any atom is -0.336 e. The first-order chi connectivity index (χ1) is 8.02. The lowest BCUT2D eigenvalue weighted by atomic mass is 10.1. The van der Waals surface area contributed by atoms with Crippen LogP contribution < -0.4 is 0 Å². The van der Waals surface area contributed by atoms with E-state index in [1.807, 2.05) is 13.8 Å². The standard InChI is InChI=1S/C12H16F2N2O/c1-4-8(3)16(5-2)12(17)9-6-7-15-11(14)10(9)13/h6-8H,4-5H2,1-3H3. The van der Waals surface area contributed by atoms with E-state index in [-0.39, 0.29) is 11.6 Å². The molecule has 1 amide bonds. The summed E-state index contributed by atoms with van der Waals surface area (Å²) in [5.41, 5.74) is -0.264. The number of hydrogen-bond donors (Lipinski definition) is 0. The molecule has 3 nitrogen and oxygen atoms in total. The molecule has 1 atom stereocenters. The Bertz CT molecular complexity index is 409. The van der Waals surface area contributed by atoms with Crippen LogP contribution in [0.4, 0.5) is 8.78 Å². The molecule has 1 unspecified atom stereocenters. The van der Waals surface area contributed by atoms with Crippen molar-refractivity contribution in [2.24, 2.45) is 0 Å². The van der Waals surface area contributed by atoms with Gasteiger partial charge in [-0.25, -0.2) is 9.37 Å². The molecule has 0 aliphatic heterocycles. The van der Waals surface area contributed by atoms with Gasteiger partial charge in [-0.2, -0.15) is 4.39 Å². The van der Waals surface area contributed by atoms with Crippen LogP contribution in [0.15, 0.2) is 12.3 Å². The van der Waals surface area contributed by atoms with Gasteiger partial charge in [0, 0.05) is 18.8 Å². The Morgan fingerprint density at radius 3 is 2.65 bits per heavy atom. The fourth-order valence-electron chi connectivity index (χ4n) is 1.61. The van der Waals surface area contributed by atoms with Crippen LogP contribution in [0, 0.1) is 11.8 Å². The Labute approximate surface area is 99.5 Å². The minimum absolute atomic E-state index is 0.0110. The third-order valence-corrected chi connectivity index (χ3v) is 2.80.